The lowest BCUT2D eigenvalue weighted by molar-refractivity contribution is -0.120. The van der Waals surface area contributed by atoms with E-state index in [1.807, 2.05) is 74.6 Å². The van der Waals surface area contributed by atoms with Gasteiger partial charge in [0.15, 0.2) is 0 Å². The number of anilines is 1. The van der Waals surface area contributed by atoms with E-state index >= 15 is 0 Å². The zero-order valence-corrected chi connectivity index (χ0v) is 15.9. The van der Waals surface area contributed by atoms with Crippen LogP contribution in [-0.2, 0) is 24.4 Å². The number of aliphatic hydroxyl groups excluding tert-OH is 1. The van der Waals surface area contributed by atoms with Crippen molar-refractivity contribution in [2.45, 2.75) is 19.6 Å². The number of carbonyl (C=O) groups excluding carboxylic acids is 1. The zero-order valence-electron chi connectivity index (χ0n) is 15.9. The van der Waals surface area contributed by atoms with Crippen molar-refractivity contribution in [2.75, 3.05) is 39.1 Å². The summed E-state index contributed by atoms with van der Waals surface area (Å²) in [6.07, 6.45) is 0.403. The highest BCUT2D eigenvalue weighted by atomic mass is 16.3. The van der Waals surface area contributed by atoms with E-state index in [-0.39, 0.29) is 12.5 Å². The van der Waals surface area contributed by atoms with Crippen LogP contribution in [0, 0.1) is 0 Å². The van der Waals surface area contributed by atoms with Crippen LogP contribution in [0.25, 0.3) is 0 Å². The van der Waals surface area contributed by atoms with Crippen LogP contribution in [0.1, 0.15) is 16.7 Å². The SMILES string of the molecule is CN(C)CCNC(=O)Cc1ccc(N(C)Cc2ccc(CO)cc2)cc1. The first kappa shape index (κ1) is 19.9. The Morgan fingerprint density at radius 3 is 2.08 bits per heavy atom. The van der Waals surface area contributed by atoms with E-state index in [0.29, 0.717) is 13.0 Å². The standard InChI is InChI=1S/C21H29N3O2/c1-23(2)13-12-22-21(26)14-17-8-10-20(11-9-17)24(3)15-18-4-6-19(16-25)7-5-18/h4-11,25H,12-16H2,1-3H3,(H,22,26). The number of likely N-dealkylation sites (N-methyl/N-ethyl adjacent to an activating group) is 1. The summed E-state index contributed by atoms with van der Waals surface area (Å²) in [5.41, 5.74) is 4.23. The first-order valence-corrected chi connectivity index (χ1v) is 8.88. The van der Waals surface area contributed by atoms with Crippen LogP contribution in [0.15, 0.2) is 48.5 Å². The van der Waals surface area contributed by atoms with Gasteiger partial charge in [0.05, 0.1) is 13.0 Å². The Labute approximate surface area is 156 Å². The van der Waals surface area contributed by atoms with Crippen molar-refractivity contribution >= 4 is 11.6 Å². The maximum Gasteiger partial charge on any atom is 0.224 e. The minimum absolute atomic E-state index is 0.0527. The third-order valence-corrected chi connectivity index (χ3v) is 4.25. The van der Waals surface area contributed by atoms with Crippen molar-refractivity contribution in [3.63, 3.8) is 0 Å². The van der Waals surface area contributed by atoms with Crippen molar-refractivity contribution in [3.8, 4) is 0 Å². The lowest BCUT2D eigenvalue weighted by atomic mass is 10.1. The summed E-state index contributed by atoms with van der Waals surface area (Å²) >= 11 is 0. The van der Waals surface area contributed by atoms with Gasteiger partial charge in [0.1, 0.15) is 0 Å². The average molecular weight is 355 g/mol. The van der Waals surface area contributed by atoms with Crippen LogP contribution >= 0.6 is 0 Å². The molecule has 0 saturated carbocycles. The van der Waals surface area contributed by atoms with Crippen LogP contribution in [0.5, 0.6) is 0 Å². The van der Waals surface area contributed by atoms with Gasteiger partial charge in [0.2, 0.25) is 5.91 Å². The number of nitrogens with zero attached hydrogens (tertiary/aromatic N) is 2. The number of nitrogens with one attached hydrogen (secondary N) is 1. The van der Waals surface area contributed by atoms with Crippen LogP contribution in [-0.4, -0.2) is 50.1 Å². The molecule has 0 radical (unpaired) electrons. The van der Waals surface area contributed by atoms with Gasteiger partial charge in [0.25, 0.3) is 0 Å². The highest BCUT2D eigenvalue weighted by Gasteiger charge is 2.06. The minimum atomic E-state index is 0.0527. The maximum atomic E-state index is 11.9. The van der Waals surface area contributed by atoms with Gasteiger partial charge in [-0.1, -0.05) is 36.4 Å². The molecule has 2 aromatic carbocycles. The van der Waals surface area contributed by atoms with Crippen LogP contribution in [0.3, 0.4) is 0 Å². The molecule has 2 aromatic rings. The van der Waals surface area contributed by atoms with Crippen molar-refractivity contribution in [1.29, 1.82) is 0 Å². The van der Waals surface area contributed by atoms with E-state index in [0.717, 1.165) is 29.9 Å². The van der Waals surface area contributed by atoms with Gasteiger partial charge in [-0.2, -0.15) is 0 Å². The molecule has 5 nitrogen and oxygen atoms in total. The van der Waals surface area contributed by atoms with E-state index in [1.165, 1.54) is 5.56 Å². The van der Waals surface area contributed by atoms with E-state index in [1.54, 1.807) is 0 Å². The zero-order chi connectivity index (χ0) is 18.9. The Morgan fingerprint density at radius 2 is 1.50 bits per heavy atom. The average Bonchev–Trinajstić information content (AvgIpc) is 2.62. The highest BCUT2D eigenvalue weighted by molar-refractivity contribution is 5.78. The molecule has 0 spiro atoms. The van der Waals surface area contributed by atoms with Crippen LogP contribution in [0.4, 0.5) is 5.69 Å². The number of benzene rings is 2. The normalized spacial score (nSPS) is 10.8. The third-order valence-electron chi connectivity index (χ3n) is 4.25. The van der Waals surface area contributed by atoms with Gasteiger partial charge in [-0.3, -0.25) is 4.79 Å². The highest BCUT2D eigenvalue weighted by Crippen LogP contribution is 2.17. The topological polar surface area (TPSA) is 55.8 Å². The first-order valence-electron chi connectivity index (χ1n) is 8.88. The van der Waals surface area contributed by atoms with Gasteiger partial charge in [-0.25, -0.2) is 0 Å². The molecule has 5 heteroatoms. The summed E-state index contributed by atoms with van der Waals surface area (Å²) in [6.45, 7) is 2.37. The summed E-state index contributed by atoms with van der Waals surface area (Å²) in [7, 11) is 6.02. The molecule has 0 atom stereocenters. The van der Waals surface area contributed by atoms with E-state index in [2.05, 4.69) is 10.2 Å². The summed E-state index contributed by atoms with van der Waals surface area (Å²) in [4.78, 5) is 16.2. The van der Waals surface area contributed by atoms with Gasteiger partial charge >= 0.3 is 0 Å². The van der Waals surface area contributed by atoms with E-state index in [4.69, 9.17) is 5.11 Å². The summed E-state index contributed by atoms with van der Waals surface area (Å²) in [6, 6.07) is 16.1. The number of aliphatic hydroxyl groups is 1. The van der Waals surface area contributed by atoms with E-state index < -0.39 is 0 Å². The lowest BCUT2D eigenvalue weighted by Gasteiger charge is -2.20. The molecule has 0 aliphatic carbocycles. The molecule has 140 valence electrons. The molecular weight excluding hydrogens is 326 g/mol. The second-order valence-corrected chi connectivity index (χ2v) is 6.83. The molecule has 0 aliphatic rings. The molecule has 0 saturated heterocycles. The Balaban J connectivity index is 1.86. The Bertz CT molecular complexity index is 681. The predicted octanol–water partition coefficient (Wildman–Crippen LogP) is 2.04. The smallest absolute Gasteiger partial charge is 0.224 e. The van der Waals surface area contributed by atoms with Crippen LogP contribution in [0.2, 0.25) is 0 Å². The molecular formula is C21H29N3O2. The minimum Gasteiger partial charge on any atom is -0.392 e. The molecule has 0 aromatic heterocycles. The number of hydrogen-bond donors (Lipinski definition) is 2. The summed E-state index contributed by atoms with van der Waals surface area (Å²) in [5, 5.41) is 12.0. The largest absolute Gasteiger partial charge is 0.392 e. The Hall–Kier alpha value is -2.37. The number of hydrogen-bond acceptors (Lipinski definition) is 4. The molecule has 26 heavy (non-hydrogen) atoms. The van der Waals surface area contributed by atoms with Crippen molar-refractivity contribution in [2.24, 2.45) is 0 Å². The Morgan fingerprint density at radius 1 is 0.923 bits per heavy atom. The van der Waals surface area contributed by atoms with E-state index in [9.17, 15) is 4.79 Å². The second-order valence-electron chi connectivity index (χ2n) is 6.83. The number of rotatable bonds is 9. The molecule has 0 aliphatic heterocycles. The second kappa shape index (κ2) is 9.94. The fourth-order valence-corrected chi connectivity index (χ4v) is 2.65. The fraction of sp³-hybridized carbons (Fsp3) is 0.381. The molecule has 1 amide bonds. The maximum absolute atomic E-state index is 11.9. The van der Waals surface area contributed by atoms with Gasteiger partial charge in [-0.05, 0) is 42.9 Å². The molecule has 0 fully saturated rings. The van der Waals surface area contributed by atoms with Gasteiger partial charge < -0.3 is 20.2 Å². The van der Waals surface area contributed by atoms with Crippen molar-refractivity contribution in [1.82, 2.24) is 10.2 Å². The third kappa shape index (κ3) is 6.50. The van der Waals surface area contributed by atoms with Crippen LogP contribution < -0.4 is 10.2 Å². The number of carbonyl (C=O) groups is 1. The summed E-state index contributed by atoms with van der Waals surface area (Å²) < 4.78 is 0. The molecule has 2 rings (SSSR count). The van der Waals surface area contributed by atoms with Crippen molar-refractivity contribution in [3.05, 3.63) is 65.2 Å². The molecule has 0 unspecified atom stereocenters. The monoisotopic (exact) mass is 355 g/mol. The van der Waals surface area contributed by atoms with Crippen molar-refractivity contribution < 1.29 is 9.90 Å². The molecule has 0 bridgehead atoms. The number of amides is 1. The quantitative estimate of drug-likeness (QED) is 0.723. The molecule has 0 heterocycles. The van der Waals surface area contributed by atoms with Gasteiger partial charge in [0, 0.05) is 32.4 Å². The first-order chi connectivity index (χ1) is 12.5. The summed E-state index contributed by atoms with van der Waals surface area (Å²) in [5.74, 6) is 0.0527. The van der Waals surface area contributed by atoms with Gasteiger partial charge in [-0.15, -0.1) is 0 Å². The lowest BCUT2D eigenvalue weighted by Crippen LogP contribution is -2.32. The predicted molar refractivity (Wildman–Crippen MR) is 106 cm³/mol. The molecule has 2 N–H and O–H groups in total. The Kier molecular flexibility index (Phi) is 7.63. The fourth-order valence-electron chi connectivity index (χ4n) is 2.65.